The lowest BCUT2D eigenvalue weighted by Gasteiger charge is -2.07. The summed E-state index contributed by atoms with van der Waals surface area (Å²) in [6.45, 7) is 1.93. The van der Waals surface area contributed by atoms with Crippen molar-refractivity contribution in [2.45, 2.75) is 13.1 Å². The molecule has 2 aromatic rings. The van der Waals surface area contributed by atoms with E-state index in [-0.39, 0.29) is 0 Å². The minimum Gasteiger partial charge on any atom is -0.497 e. The summed E-state index contributed by atoms with van der Waals surface area (Å²) in [7, 11) is 1.67. The largest absolute Gasteiger partial charge is 0.497 e. The molecule has 0 spiro atoms. The number of methoxy groups -OCH3 is 1. The first-order chi connectivity index (χ1) is 12.5. The van der Waals surface area contributed by atoms with Crippen LogP contribution in [0, 0.1) is 0 Å². The highest BCUT2D eigenvalue weighted by Crippen LogP contribution is 2.32. The van der Waals surface area contributed by atoms with Gasteiger partial charge in [-0.15, -0.1) is 0 Å². The van der Waals surface area contributed by atoms with Crippen molar-refractivity contribution < 1.29 is 34.0 Å². The highest BCUT2D eigenvalue weighted by atomic mass is 16.7. The maximum Gasteiger partial charge on any atom is 0.414 e. The Bertz CT molecular complexity index is 747. The molecule has 1 aliphatic heterocycles. The van der Waals surface area contributed by atoms with Gasteiger partial charge in [0.05, 0.1) is 7.11 Å². The molecular weight excluding hydrogens is 342 g/mol. The molecule has 0 unspecified atom stereocenters. The van der Waals surface area contributed by atoms with Crippen LogP contribution >= 0.6 is 0 Å². The van der Waals surface area contributed by atoms with E-state index in [0.717, 1.165) is 30.3 Å². The van der Waals surface area contributed by atoms with Crippen LogP contribution < -0.4 is 19.5 Å². The average Bonchev–Trinajstić information content (AvgIpc) is 3.10. The van der Waals surface area contributed by atoms with Crippen molar-refractivity contribution in [2.75, 3.05) is 13.9 Å². The van der Waals surface area contributed by atoms with Crippen LogP contribution in [-0.4, -0.2) is 36.1 Å². The molecule has 0 saturated heterocycles. The van der Waals surface area contributed by atoms with Crippen molar-refractivity contribution in [1.82, 2.24) is 5.32 Å². The van der Waals surface area contributed by atoms with Crippen LogP contribution in [0.4, 0.5) is 0 Å². The monoisotopic (exact) mass is 361 g/mol. The van der Waals surface area contributed by atoms with Crippen LogP contribution in [0.2, 0.25) is 0 Å². The summed E-state index contributed by atoms with van der Waals surface area (Å²) in [6, 6.07) is 14.1. The van der Waals surface area contributed by atoms with Crippen LogP contribution in [0.1, 0.15) is 11.1 Å². The number of carboxylic acids is 2. The summed E-state index contributed by atoms with van der Waals surface area (Å²) < 4.78 is 15.8. The zero-order chi connectivity index (χ0) is 18.9. The number of hydrogen-bond acceptors (Lipinski definition) is 6. The predicted octanol–water partition coefficient (Wildman–Crippen LogP) is 1.87. The normalized spacial score (nSPS) is 11.3. The second kappa shape index (κ2) is 9.28. The van der Waals surface area contributed by atoms with Gasteiger partial charge in [0.2, 0.25) is 6.79 Å². The standard InChI is InChI=1S/C16H17NO3.C2H2O4/c1-18-14-5-2-12(3-6-14)9-17-10-13-4-7-15-16(8-13)20-11-19-15;3-1(4)2(5)6/h2-8,17H,9-11H2,1H3;(H,3,4)(H,5,6). The van der Waals surface area contributed by atoms with Gasteiger partial charge in [0.25, 0.3) is 0 Å². The number of fused-ring (bicyclic) bond motifs is 1. The zero-order valence-corrected chi connectivity index (χ0v) is 14.1. The number of benzene rings is 2. The van der Waals surface area contributed by atoms with Gasteiger partial charge in [0.1, 0.15) is 5.75 Å². The second-order valence-electron chi connectivity index (χ2n) is 5.25. The molecule has 138 valence electrons. The third kappa shape index (κ3) is 5.67. The molecule has 3 N–H and O–H groups in total. The SMILES string of the molecule is COc1ccc(CNCc2ccc3c(c2)OCO3)cc1.O=C(O)C(=O)O. The number of carboxylic acid groups (broad SMARTS) is 2. The summed E-state index contributed by atoms with van der Waals surface area (Å²) in [5.41, 5.74) is 2.41. The van der Waals surface area contributed by atoms with Gasteiger partial charge >= 0.3 is 11.9 Å². The summed E-state index contributed by atoms with van der Waals surface area (Å²) in [5.74, 6) is -1.12. The van der Waals surface area contributed by atoms with Gasteiger partial charge in [0.15, 0.2) is 11.5 Å². The lowest BCUT2D eigenvalue weighted by Crippen LogP contribution is -2.12. The van der Waals surface area contributed by atoms with E-state index in [1.807, 2.05) is 24.3 Å². The number of rotatable bonds is 5. The zero-order valence-electron chi connectivity index (χ0n) is 14.1. The first kappa shape index (κ1) is 19.1. The van der Waals surface area contributed by atoms with E-state index in [1.165, 1.54) is 11.1 Å². The Kier molecular flexibility index (Phi) is 6.81. The quantitative estimate of drug-likeness (QED) is 0.692. The van der Waals surface area contributed by atoms with Crippen molar-refractivity contribution >= 4 is 11.9 Å². The minimum atomic E-state index is -1.82. The van der Waals surface area contributed by atoms with Gasteiger partial charge in [-0.05, 0) is 35.4 Å². The van der Waals surface area contributed by atoms with E-state index in [4.69, 9.17) is 34.0 Å². The fourth-order valence-corrected chi connectivity index (χ4v) is 2.15. The number of ether oxygens (including phenoxy) is 3. The molecule has 0 amide bonds. The van der Waals surface area contributed by atoms with E-state index in [0.29, 0.717) is 6.79 Å². The fourth-order valence-electron chi connectivity index (χ4n) is 2.15. The molecule has 3 rings (SSSR count). The van der Waals surface area contributed by atoms with Gasteiger partial charge in [-0.25, -0.2) is 9.59 Å². The molecule has 0 fully saturated rings. The molecule has 0 atom stereocenters. The van der Waals surface area contributed by atoms with E-state index in [1.54, 1.807) is 7.11 Å². The van der Waals surface area contributed by atoms with Crippen LogP contribution in [0.5, 0.6) is 17.2 Å². The van der Waals surface area contributed by atoms with Gasteiger partial charge in [-0.1, -0.05) is 18.2 Å². The lowest BCUT2D eigenvalue weighted by atomic mass is 10.2. The molecule has 2 aromatic carbocycles. The van der Waals surface area contributed by atoms with E-state index >= 15 is 0 Å². The van der Waals surface area contributed by atoms with Gasteiger partial charge in [-0.2, -0.15) is 0 Å². The van der Waals surface area contributed by atoms with Crippen molar-refractivity contribution in [3.05, 3.63) is 53.6 Å². The molecule has 1 heterocycles. The Hall–Kier alpha value is -3.26. The van der Waals surface area contributed by atoms with E-state index < -0.39 is 11.9 Å². The summed E-state index contributed by atoms with van der Waals surface area (Å²) >= 11 is 0. The van der Waals surface area contributed by atoms with Crippen molar-refractivity contribution in [2.24, 2.45) is 0 Å². The molecule has 0 bridgehead atoms. The maximum atomic E-state index is 9.10. The van der Waals surface area contributed by atoms with Crippen LogP contribution in [0.25, 0.3) is 0 Å². The first-order valence-electron chi connectivity index (χ1n) is 7.68. The molecule has 0 aliphatic carbocycles. The van der Waals surface area contributed by atoms with Crippen molar-refractivity contribution in [3.63, 3.8) is 0 Å². The summed E-state index contributed by atoms with van der Waals surface area (Å²) in [5, 5.41) is 18.2. The topological polar surface area (TPSA) is 114 Å². The van der Waals surface area contributed by atoms with Crippen LogP contribution in [0.3, 0.4) is 0 Å². The molecule has 0 aromatic heterocycles. The van der Waals surface area contributed by atoms with E-state index in [2.05, 4.69) is 23.5 Å². The number of carbonyl (C=O) groups is 2. The van der Waals surface area contributed by atoms with Gasteiger partial charge < -0.3 is 29.7 Å². The Morgan fingerprint density at radius 2 is 1.54 bits per heavy atom. The molecular formula is C18H19NO7. The molecule has 26 heavy (non-hydrogen) atoms. The predicted molar refractivity (Wildman–Crippen MR) is 91.4 cm³/mol. The molecule has 8 heteroatoms. The molecule has 0 radical (unpaired) electrons. The third-order valence-electron chi connectivity index (χ3n) is 3.44. The van der Waals surface area contributed by atoms with Gasteiger partial charge in [0, 0.05) is 13.1 Å². The maximum absolute atomic E-state index is 9.10. The average molecular weight is 361 g/mol. The number of hydrogen-bond donors (Lipinski definition) is 3. The Labute approximate surface area is 149 Å². The summed E-state index contributed by atoms with van der Waals surface area (Å²) in [6.07, 6.45) is 0. The number of nitrogens with one attached hydrogen (secondary N) is 1. The minimum absolute atomic E-state index is 0.318. The van der Waals surface area contributed by atoms with Crippen LogP contribution in [0.15, 0.2) is 42.5 Å². The molecule has 1 aliphatic rings. The van der Waals surface area contributed by atoms with Crippen LogP contribution in [-0.2, 0) is 22.7 Å². The van der Waals surface area contributed by atoms with Crippen molar-refractivity contribution in [3.8, 4) is 17.2 Å². The fraction of sp³-hybridized carbons (Fsp3) is 0.222. The van der Waals surface area contributed by atoms with E-state index in [9.17, 15) is 0 Å². The van der Waals surface area contributed by atoms with Crippen molar-refractivity contribution in [1.29, 1.82) is 0 Å². The first-order valence-corrected chi connectivity index (χ1v) is 7.68. The third-order valence-corrected chi connectivity index (χ3v) is 3.44. The number of aliphatic carboxylic acids is 2. The highest BCUT2D eigenvalue weighted by Gasteiger charge is 2.12. The van der Waals surface area contributed by atoms with Gasteiger partial charge in [-0.3, -0.25) is 0 Å². The Morgan fingerprint density at radius 1 is 0.962 bits per heavy atom. The molecule has 8 nitrogen and oxygen atoms in total. The highest BCUT2D eigenvalue weighted by molar-refractivity contribution is 6.27. The Balaban J connectivity index is 0.000000352. The summed E-state index contributed by atoms with van der Waals surface area (Å²) in [4.78, 5) is 18.2. The second-order valence-corrected chi connectivity index (χ2v) is 5.25. The lowest BCUT2D eigenvalue weighted by molar-refractivity contribution is -0.159. The smallest absolute Gasteiger partial charge is 0.414 e. The molecule has 0 saturated carbocycles. The Morgan fingerprint density at radius 3 is 2.15 bits per heavy atom.